The predicted molar refractivity (Wildman–Crippen MR) is 124 cm³/mol. The third-order valence-electron chi connectivity index (χ3n) is 5.03. The number of aryl methyl sites for hydroxylation is 1. The fourth-order valence-electron chi connectivity index (χ4n) is 3.31. The van der Waals surface area contributed by atoms with Gasteiger partial charge in [-0.15, -0.1) is 0 Å². The highest BCUT2D eigenvalue weighted by Crippen LogP contribution is 2.27. The summed E-state index contributed by atoms with van der Waals surface area (Å²) in [5.74, 6) is 0.770. The third kappa shape index (κ3) is 4.49. The van der Waals surface area contributed by atoms with Crippen LogP contribution in [0.25, 0.3) is 11.3 Å². The van der Waals surface area contributed by atoms with Gasteiger partial charge in [-0.05, 0) is 43.7 Å². The molecule has 2 aromatic heterocycles. The molecule has 0 fully saturated rings. The summed E-state index contributed by atoms with van der Waals surface area (Å²) in [5.41, 5.74) is 3.99. The molecule has 4 rings (SSSR count). The van der Waals surface area contributed by atoms with Crippen molar-refractivity contribution in [1.82, 2.24) is 14.9 Å². The van der Waals surface area contributed by atoms with Gasteiger partial charge in [0.25, 0.3) is 5.91 Å². The summed E-state index contributed by atoms with van der Waals surface area (Å²) in [4.78, 5) is 12.8. The van der Waals surface area contributed by atoms with Crippen LogP contribution in [-0.4, -0.2) is 28.0 Å². The molecule has 0 unspecified atom stereocenters. The van der Waals surface area contributed by atoms with Crippen LogP contribution < -0.4 is 10.1 Å². The number of hydrogen-bond donors (Lipinski definition) is 1. The average molecular weight is 471 g/mol. The molecule has 0 bridgehead atoms. The number of aromatic nitrogens is 3. The molecule has 0 aliphatic heterocycles. The fraction of sp³-hybridized carbons (Fsp3) is 0.174. The lowest BCUT2D eigenvalue weighted by Gasteiger charge is -2.07. The van der Waals surface area contributed by atoms with Gasteiger partial charge < -0.3 is 14.6 Å². The fourth-order valence-corrected chi connectivity index (χ4v) is 3.64. The van der Waals surface area contributed by atoms with Crippen LogP contribution >= 0.6 is 23.2 Å². The summed E-state index contributed by atoms with van der Waals surface area (Å²) < 4.78 is 12.4. The smallest absolute Gasteiger partial charge is 0.277 e. The van der Waals surface area contributed by atoms with E-state index >= 15 is 0 Å². The van der Waals surface area contributed by atoms with Crippen LogP contribution in [0.1, 0.15) is 27.4 Å². The molecule has 164 valence electrons. The maximum atomic E-state index is 12.8. The van der Waals surface area contributed by atoms with Crippen molar-refractivity contribution in [3.8, 4) is 17.1 Å². The summed E-state index contributed by atoms with van der Waals surface area (Å²) >= 11 is 12.1. The zero-order chi connectivity index (χ0) is 22.8. The number of anilines is 1. The number of rotatable bonds is 6. The zero-order valence-corrected chi connectivity index (χ0v) is 19.2. The minimum absolute atomic E-state index is 0.166. The Morgan fingerprint density at radius 3 is 2.69 bits per heavy atom. The van der Waals surface area contributed by atoms with Gasteiger partial charge in [-0.3, -0.25) is 9.48 Å². The Kier molecular flexibility index (Phi) is 6.21. The van der Waals surface area contributed by atoms with Crippen molar-refractivity contribution >= 4 is 34.8 Å². The molecule has 0 radical (unpaired) electrons. The number of ether oxygens (including phenoxy) is 1. The number of benzene rings is 2. The first-order chi connectivity index (χ1) is 15.4. The summed E-state index contributed by atoms with van der Waals surface area (Å²) in [7, 11) is 1.59. The molecule has 2 aromatic carbocycles. The molecule has 4 aromatic rings. The topological polar surface area (TPSA) is 82.2 Å². The van der Waals surface area contributed by atoms with Crippen LogP contribution in [0.4, 0.5) is 5.69 Å². The van der Waals surface area contributed by atoms with Crippen LogP contribution in [0.2, 0.25) is 10.0 Å². The normalized spacial score (nSPS) is 10.9. The Morgan fingerprint density at radius 2 is 1.94 bits per heavy atom. The minimum Gasteiger partial charge on any atom is -0.497 e. The molecule has 0 aliphatic rings. The van der Waals surface area contributed by atoms with Crippen LogP contribution in [0.15, 0.2) is 53.1 Å². The van der Waals surface area contributed by atoms with E-state index in [9.17, 15) is 4.79 Å². The number of amides is 1. The van der Waals surface area contributed by atoms with E-state index in [2.05, 4.69) is 15.6 Å². The van der Waals surface area contributed by atoms with Gasteiger partial charge in [0.05, 0.1) is 40.8 Å². The Balaban J connectivity index is 1.52. The van der Waals surface area contributed by atoms with Crippen molar-refractivity contribution in [2.75, 3.05) is 12.4 Å². The van der Waals surface area contributed by atoms with E-state index in [0.29, 0.717) is 39.5 Å². The van der Waals surface area contributed by atoms with E-state index in [1.807, 2.05) is 44.2 Å². The highest BCUT2D eigenvalue weighted by Gasteiger charge is 2.19. The predicted octanol–water partition coefficient (Wildman–Crippen LogP) is 5.77. The lowest BCUT2D eigenvalue weighted by molar-refractivity contribution is 0.101. The Bertz CT molecular complexity index is 1300. The van der Waals surface area contributed by atoms with E-state index in [-0.39, 0.29) is 11.6 Å². The van der Waals surface area contributed by atoms with Crippen molar-refractivity contribution in [2.45, 2.75) is 20.4 Å². The van der Waals surface area contributed by atoms with Crippen LogP contribution in [0, 0.1) is 13.8 Å². The minimum atomic E-state index is -0.386. The van der Waals surface area contributed by atoms with Gasteiger partial charge in [0, 0.05) is 11.6 Å². The average Bonchev–Trinajstić information content (AvgIpc) is 3.38. The number of hydrogen-bond acceptors (Lipinski definition) is 5. The summed E-state index contributed by atoms with van der Waals surface area (Å²) in [6.07, 6.45) is 0. The Hall–Kier alpha value is -3.29. The maximum absolute atomic E-state index is 12.8. The molecule has 9 heteroatoms. The van der Waals surface area contributed by atoms with E-state index in [1.54, 1.807) is 30.0 Å². The molecule has 0 aliphatic carbocycles. The lowest BCUT2D eigenvalue weighted by atomic mass is 10.1. The largest absolute Gasteiger partial charge is 0.497 e. The van der Waals surface area contributed by atoms with E-state index < -0.39 is 0 Å². The van der Waals surface area contributed by atoms with Gasteiger partial charge in [-0.2, -0.15) is 5.10 Å². The van der Waals surface area contributed by atoms with Crippen molar-refractivity contribution < 1.29 is 14.1 Å². The molecule has 0 saturated heterocycles. The molecular weight excluding hydrogens is 451 g/mol. The monoisotopic (exact) mass is 470 g/mol. The van der Waals surface area contributed by atoms with Gasteiger partial charge in [-0.25, -0.2) is 0 Å². The maximum Gasteiger partial charge on any atom is 0.277 e. The summed E-state index contributed by atoms with van der Waals surface area (Å²) in [5, 5.41) is 12.3. The molecule has 2 heterocycles. The van der Waals surface area contributed by atoms with Gasteiger partial charge >= 0.3 is 0 Å². The van der Waals surface area contributed by atoms with Crippen molar-refractivity contribution in [3.63, 3.8) is 0 Å². The first-order valence-electron chi connectivity index (χ1n) is 9.76. The van der Waals surface area contributed by atoms with Crippen LogP contribution in [0.3, 0.4) is 0 Å². The number of nitrogens with zero attached hydrogens (tertiary/aromatic N) is 3. The highest BCUT2D eigenvalue weighted by molar-refractivity contribution is 6.42. The first kappa shape index (κ1) is 21.9. The number of methoxy groups -OCH3 is 1. The van der Waals surface area contributed by atoms with Gasteiger partial charge in [0.1, 0.15) is 5.75 Å². The Morgan fingerprint density at radius 1 is 1.12 bits per heavy atom. The number of halogens is 2. The van der Waals surface area contributed by atoms with Gasteiger partial charge in [0.15, 0.2) is 11.5 Å². The molecule has 0 spiro atoms. The van der Waals surface area contributed by atoms with Gasteiger partial charge in [0.2, 0.25) is 0 Å². The summed E-state index contributed by atoms with van der Waals surface area (Å²) in [6, 6.07) is 14.4. The SMILES string of the molecule is COc1cccc(-c2cc(C(=O)Nc3c(C)nn(Cc4ccc(Cl)c(Cl)c4)c3C)no2)c1. The number of carbonyl (C=O) groups is 1. The third-order valence-corrected chi connectivity index (χ3v) is 5.77. The second-order valence-corrected chi connectivity index (χ2v) is 8.03. The molecule has 7 nitrogen and oxygen atoms in total. The Labute approximate surface area is 194 Å². The van der Waals surface area contributed by atoms with E-state index in [0.717, 1.165) is 16.8 Å². The number of carbonyl (C=O) groups excluding carboxylic acids is 1. The van der Waals surface area contributed by atoms with Crippen molar-refractivity contribution in [2.24, 2.45) is 0 Å². The molecule has 0 saturated carbocycles. The molecular formula is C23H20Cl2N4O3. The second kappa shape index (κ2) is 9.06. The molecule has 32 heavy (non-hydrogen) atoms. The highest BCUT2D eigenvalue weighted by atomic mass is 35.5. The molecule has 1 N–H and O–H groups in total. The van der Waals surface area contributed by atoms with E-state index in [1.165, 1.54) is 0 Å². The second-order valence-electron chi connectivity index (χ2n) is 7.21. The zero-order valence-electron chi connectivity index (χ0n) is 17.6. The molecule has 1 amide bonds. The standard InChI is InChI=1S/C23H20Cl2N4O3/c1-13-22(14(2)29(27-13)12-15-7-8-18(24)19(25)9-15)26-23(30)20-11-21(32-28-20)16-5-4-6-17(10-16)31-3/h4-11H,12H2,1-3H3,(H,26,30). The number of nitrogens with one attached hydrogen (secondary N) is 1. The lowest BCUT2D eigenvalue weighted by Crippen LogP contribution is -2.13. The van der Waals surface area contributed by atoms with Crippen molar-refractivity contribution in [1.29, 1.82) is 0 Å². The van der Waals surface area contributed by atoms with Crippen molar-refractivity contribution in [3.05, 3.63) is 81.2 Å². The van der Waals surface area contributed by atoms with E-state index in [4.69, 9.17) is 32.5 Å². The van der Waals surface area contributed by atoms with Gasteiger partial charge in [-0.1, -0.05) is 46.6 Å². The first-order valence-corrected chi connectivity index (χ1v) is 10.5. The molecule has 0 atom stereocenters. The summed E-state index contributed by atoms with van der Waals surface area (Å²) in [6.45, 7) is 4.21. The van der Waals surface area contributed by atoms with Crippen LogP contribution in [0.5, 0.6) is 5.75 Å². The quantitative estimate of drug-likeness (QED) is 0.386. The van der Waals surface area contributed by atoms with Crippen LogP contribution in [-0.2, 0) is 6.54 Å².